The van der Waals surface area contributed by atoms with Crippen molar-refractivity contribution in [3.05, 3.63) is 69.9 Å². The van der Waals surface area contributed by atoms with E-state index < -0.39 is 14.8 Å². The number of H-pyrrole nitrogens is 1. The summed E-state index contributed by atoms with van der Waals surface area (Å²) < 4.78 is 24.0. The summed E-state index contributed by atoms with van der Waals surface area (Å²) in [4.78, 5) is 16.1. The van der Waals surface area contributed by atoms with Crippen LogP contribution >= 0.6 is 0 Å². The van der Waals surface area contributed by atoms with Crippen molar-refractivity contribution in [1.29, 1.82) is 0 Å². The molecule has 0 saturated carbocycles. The van der Waals surface area contributed by atoms with E-state index in [0.29, 0.717) is 25.2 Å². The average molecular weight is 411 g/mol. The molecule has 8 heteroatoms. The molecule has 1 N–H and O–H groups in total. The molecule has 0 spiro atoms. The number of benzene rings is 2. The highest BCUT2D eigenvalue weighted by Crippen LogP contribution is 2.38. The molecule has 0 atom stereocenters. The van der Waals surface area contributed by atoms with Crippen LogP contribution in [-0.2, 0) is 9.84 Å². The number of para-hydroxylation sites is 2. The van der Waals surface area contributed by atoms with Crippen molar-refractivity contribution in [2.75, 3.05) is 24.2 Å². The lowest BCUT2D eigenvalue weighted by Gasteiger charge is -2.28. The van der Waals surface area contributed by atoms with Crippen molar-refractivity contribution in [3.8, 4) is 0 Å². The number of nitrogens with one attached hydrogen (secondary N) is 1. The van der Waals surface area contributed by atoms with Crippen LogP contribution in [0.1, 0.15) is 17.7 Å². The summed E-state index contributed by atoms with van der Waals surface area (Å²) in [6.07, 6.45) is 3.78. The Hall–Kier alpha value is -3.13. The van der Waals surface area contributed by atoms with E-state index in [0.717, 1.165) is 22.9 Å². The van der Waals surface area contributed by atoms with E-state index in [1.54, 1.807) is 12.1 Å². The fourth-order valence-electron chi connectivity index (χ4n) is 4.05. The minimum atomic E-state index is -3.70. The molecule has 0 bridgehead atoms. The Morgan fingerprint density at radius 1 is 1.14 bits per heavy atom. The lowest BCUT2D eigenvalue weighted by atomic mass is 9.96. The summed E-state index contributed by atoms with van der Waals surface area (Å²) in [6, 6.07) is 12.6. The van der Waals surface area contributed by atoms with Crippen LogP contribution in [0.15, 0.2) is 53.4 Å². The number of aryl methyl sites for hydroxylation is 1. The van der Waals surface area contributed by atoms with E-state index in [4.69, 9.17) is 0 Å². The van der Waals surface area contributed by atoms with Crippen molar-refractivity contribution >= 4 is 37.7 Å². The number of fused-ring (bicyclic) bond motifs is 1. The van der Waals surface area contributed by atoms with Gasteiger partial charge in [0.25, 0.3) is 0 Å². The molecule has 4 rings (SSSR count). The van der Waals surface area contributed by atoms with Gasteiger partial charge in [-0.2, -0.15) is 0 Å². The van der Waals surface area contributed by atoms with Crippen LogP contribution in [0, 0.1) is 17.0 Å². The smallest absolute Gasteiger partial charge is 0.311 e. The second kappa shape index (κ2) is 7.04. The maximum Gasteiger partial charge on any atom is 0.311 e. The molecule has 0 saturated heterocycles. The number of nitrogens with zero attached hydrogens (tertiary/aromatic N) is 2. The van der Waals surface area contributed by atoms with Gasteiger partial charge >= 0.3 is 5.69 Å². The van der Waals surface area contributed by atoms with Gasteiger partial charge in [0.05, 0.1) is 4.92 Å². The number of anilines is 1. The zero-order valence-corrected chi connectivity index (χ0v) is 17.0. The second-order valence-corrected chi connectivity index (χ2v) is 9.23. The van der Waals surface area contributed by atoms with Gasteiger partial charge in [-0.3, -0.25) is 10.1 Å². The molecular formula is C21H21N3O4S. The van der Waals surface area contributed by atoms with Crippen LogP contribution in [0.3, 0.4) is 0 Å². The minimum absolute atomic E-state index is 0.248. The highest BCUT2D eigenvalue weighted by atomic mass is 32.2. The molecule has 0 amide bonds. The van der Waals surface area contributed by atoms with E-state index in [2.05, 4.69) is 17.1 Å². The van der Waals surface area contributed by atoms with Crippen molar-refractivity contribution in [2.45, 2.75) is 18.2 Å². The van der Waals surface area contributed by atoms with Crippen molar-refractivity contribution in [2.24, 2.45) is 0 Å². The fraction of sp³-hybridized carbons (Fsp3) is 0.238. The Morgan fingerprint density at radius 2 is 1.90 bits per heavy atom. The van der Waals surface area contributed by atoms with E-state index >= 15 is 0 Å². The predicted molar refractivity (Wildman–Crippen MR) is 114 cm³/mol. The third-order valence-corrected chi connectivity index (χ3v) is 6.45. The van der Waals surface area contributed by atoms with Gasteiger partial charge in [-0.25, -0.2) is 8.42 Å². The second-order valence-electron chi connectivity index (χ2n) is 7.25. The van der Waals surface area contributed by atoms with Crippen LogP contribution < -0.4 is 4.90 Å². The summed E-state index contributed by atoms with van der Waals surface area (Å²) in [7, 11) is -3.70. The number of hydrogen-bond donors (Lipinski definition) is 1. The molecule has 2 aromatic carbocycles. The molecule has 0 radical (unpaired) electrons. The molecule has 0 aliphatic carbocycles. The van der Waals surface area contributed by atoms with Gasteiger partial charge in [0.1, 0.15) is 10.6 Å². The van der Waals surface area contributed by atoms with Gasteiger partial charge in [-0.1, -0.05) is 30.3 Å². The molecule has 2 heterocycles. The number of hydrogen-bond acceptors (Lipinski definition) is 5. The Morgan fingerprint density at radius 3 is 2.55 bits per heavy atom. The number of aromatic amines is 1. The highest BCUT2D eigenvalue weighted by Gasteiger charge is 2.29. The zero-order chi connectivity index (χ0) is 20.8. The monoisotopic (exact) mass is 411 g/mol. The van der Waals surface area contributed by atoms with E-state index in [-0.39, 0.29) is 10.6 Å². The standard InChI is InChI=1S/C21H21N3O4S/c1-14-20(16-6-3-4-7-17(16)22-14)15-10-12-23(13-11-15)18-8-5-9-19(29(2,27)28)21(18)24(25)26/h3-10,22H,11-13H2,1-2H3. The number of sulfone groups is 1. The highest BCUT2D eigenvalue weighted by molar-refractivity contribution is 7.90. The van der Waals surface area contributed by atoms with Crippen LogP contribution in [0.25, 0.3) is 16.5 Å². The van der Waals surface area contributed by atoms with Crippen molar-refractivity contribution in [1.82, 2.24) is 4.98 Å². The first-order valence-corrected chi connectivity index (χ1v) is 11.2. The number of rotatable bonds is 4. The molecule has 150 valence electrons. The molecule has 1 aromatic heterocycles. The third kappa shape index (κ3) is 3.40. The molecule has 1 aliphatic rings. The molecule has 0 unspecified atom stereocenters. The average Bonchev–Trinajstić information content (AvgIpc) is 3.02. The summed E-state index contributed by atoms with van der Waals surface area (Å²) in [6.45, 7) is 3.09. The SMILES string of the molecule is Cc1[nH]c2ccccc2c1C1=CCN(c2cccc(S(C)(=O)=O)c2[N+](=O)[O-])CC1. The fourth-order valence-corrected chi connectivity index (χ4v) is 4.91. The van der Waals surface area contributed by atoms with E-state index in [1.807, 2.05) is 30.0 Å². The Balaban J connectivity index is 1.72. The Labute approximate surface area is 168 Å². The molecule has 1 aliphatic heterocycles. The molecule has 3 aromatic rings. The lowest BCUT2D eigenvalue weighted by Crippen LogP contribution is -2.29. The quantitative estimate of drug-likeness (QED) is 0.515. The Bertz CT molecular complexity index is 1260. The van der Waals surface area contributed by atoms with Crippen LogP contribution in [-0.4, -0.2) is 37.7 Å². The number of nitro groups is 1. The van der Waals surface area contributed by atoms with Gasteiger partial charge in [0.2, 0.25) is 0 Å². The van der Waals surface area contributed by atoms with Gasteiger partial charge in [-0.05, 0) is 37.1 Å². The van der Waals surface area contributed by atoms with Crippen LogP contribution in [0.4, 0.5) is 11.4 Å². The third-order valence-electron chi connectivity index (χ3n) is 5.32. The van der Waals surface area contributed by atoms with Crippen molar-refractivity contribution < 1.29 is 13.3 Å². The van der Waals surface area contributed by atoms with Gasteiger partial charge in [0.15, 0.2) is 9.84 Å². The first-order chi connectivity index (χ1) is 13.8. The maximum atomic E-state index is 12.0. The van der Waals surface area contributed by atoms with Gasteiger partial charge in [0, 0.05) is 41.5 Å². The minimum Gasteiger partial charge on any atom is -0.362 e. The Kier molecular flexibility index (Phi) is 4.66. The molecule has 0 fully saturated rings. The first-order valence-electron chi connectivity index (χ1n) is 9.26. The van der Waals surface area contributed by atoms with E-state index in [1.165, 1.54) is 17.2 Å². The van der Waals surface area contributed by atoms with Gasteiger partial charge in [-0.15, -0.1) is 0 Å². The number of nitro benzene ring substituents is 1. The van der Waals surface area contributed by atoms with Crippen LogP contribution in [0.5, 0.6) is 0 Å². The molecule has 7 nitrogen and oxygen atoms in total. The summed E-state index contributed by atoms with van der Waals surface area (Å²) in [5.41, 5.74) is 4.53. The molecule has 29 heavy (non-hydrogen) atoms. The number of aromatic nitrogens is 1. The summed E-state index contributed by atoms with van der Waals surface area (Å²) >= 11 is 0. The summed E-state index contributed by atoms with van der Waals surface area (Å²) in [5.74, 6) is 0. The van der Waals surface area contributed by atoms with Crippen molar-refractivity contribution in [3.63, 3.8) is 0 Å². The maximum absolute atomic E-state index is 12.0. The zero-order valence-electron chi connectivity index (χ0n) is 16.2. The summed E-state index contributed by atoms with van der Waals surface area (Å²) in [5, 5.41) is 12.8. The first kappa shape index (κ1) is 19.2. The normalized spacial score (nSPS) is 14.8. The largest absolute Gasteiger partial charge is 0.362 e. The lowest BCUT2D eigenvalue weighted by molar-refractivity contribution is -0.387. The predicted octanol–water partition coefficient (Wildman–Crippen LogP) is 4.08. The molecular weight excluding hydrogens is 390 g/mol. The topological polar surface area (TPSA) is 96.3 Å². The van der Waals surface area contributed by atoms with Crippen LogP contribution in [0.2, 0.25) is 0 Å². The van der Waals surface area contributed by atoms with Gasteiger partial charge < -0.3 is 9.88 Å². The van der Waals surface area contributed by atoms with E-state index in [9.17, 15) is 18.5 Å².